The van der Waals surface area contributed by atoms with Crippen molar-refractivity contribution in [3.05, 3.63) is 60.2 Å². The molecule has 0 bridgehead atoms. The van der Waals surface area contributed by atoms with Gasteiger partial charge in [0, 0.05) is 5.54 Å². The number of methoxy groups -OCH3 is 1. The Kier molecular flexibility index (Phi) is 5.63. The van der Waals surface area contributed by atoms with Crippen LogP contribution in [-0.4, -0.2) is 25.2 Å². The van der Waals surface area contributed by atoms with E-state index < -0.39 is 0 Å². The van der Waals surface area contributed by atoms with Crippen molar-refractivity contribution in [3.8, 4) is 11.5 Å². The number of hydrogen-bond acceptors (Lipinski definition) is 3. The minimum atomic E-state index is -0.332. The first kappa shape index (κ1) is 16.9. The molecular formula is C19H23NO3. The highest BCUT2D eigenvalue weighted by molar-refractivity contribution is 5.78. The average Bonchev–Trinajstić information content (AvgIpc) is 2.53. The fourth-order valence-corrected chi connectivity index (χ4v) is 2.38. The summed E-state index contributed by atoms with van der Waals surface area (Å²) in [5.41, 5.74) is 0.857. The first-order valence-corrected chi connectivity index (χ1v) is 7.60. The topological polar surface area (TPSA) is 47.6 Å². The van der Waals surface area contributed by atoms with Crippen LogP contribution in [0.4, 0.5) is 0 Å². The number of hydrogen-bond donors (Lipinski definition) is 1. The first-order chi connectivity index (χ1) is 11.0. The van der Waals surface area contributed by atoms with Crippen LogP contribution in [0.5, 0.6) is 11.5 Å². The van der Waals surface area contributed by atoms with Crippen molar-refractivity contribution in [2.24, 2.45) is 0 Å². The summed E-state index contributed by atoms with van der Waals surface area (Å²) in [6.07, 6.45) is 0.766. The minimum absolute atomic E-state index is 0.00938. The molecule has 2 aromatic rings. The molecule has 0 fully saturated rings. The minimum Gasteiger partial charge on any atom is -0.497 e. The average molecular weight is 313 g/mol. The third kappa shape index (κ3) is 5.66. The van der Waals surface area contributed by atoms with E-state index in [1.807, 2.05) is 32.0 Å². The second-order valence-electron chi connectivity index (χ2n) is 6.06. The lowest BCUT2D eigenvalue weighted by molar-refractivity contribution is -0.124. The highest BCUT2D eigenvalue weighted by atomic mass is 16.5. The summed E-state index contributed by atoms with van der Waals surface area (Å²) in [6.45, 7) is 4.00. The van der Waals surface area contributed by atoms with Crippen LogP contribution in [0.3, 0.4) is 0 Å². The molecular weight excluding hydrogens is 290 g/mol. The van der Waals surface area contributed by atoms with Crippen molar-refractivity contribution in [2.75, 3.05) is 13.7 Å². The Hall–Kier alpha value is -2.49. The molecule has 0 radical (unpaired) electrons. The Labute approximate surface area is 137 Å². The van der Waals surface area contributed by atoms with Gasteiger partial charge in [0.25, 0.3) is 5.91 Å². The van der Waals surface area contributed by atoms with E-state index in [1.54, 1.807) is 31.4 Å². The van der Waals surface area contributed by atoms with Crippen LogP contribution in [0.15, 0.2) is 54.6 Å². The highest BCUT2D eigenvalue weighted by Crippen LogP contribution is 2.17. The number of carbonyl (C=O) groups is 1. The van der Waals surface area contributed by atoms with Gasteiger partial charge in [-0.25, -0.2) is 0 Å². The summed E-state index contributed by atoms with van der Waals surface area (Å²) < 4.78 is 10.6. The van der Waals surface area contributed by atoms with Crippen molar-refractivity contribution in [2.45, 2.75) is 25.8 Å². The van der Waals surface area contributed by atoms with Gasteiger partial charge in [-0.3, -0.25) is 4.79 Å². The lowest BCUT2D eigenvalue weighted by atomic mass is 9.95. The Bertz CT molecular complexity index is 621. The number of carbonyl (C=O) groups excluding carboxylic acids is 1. The zero-order chi connectivity index (χ0) is 16.7. The van der Waals surface area contributed by atoms with Gasteiger partial charge in [-0.2, -0.15) is 0 Å². The van der Waals surface area contributed by atoms with Crippen LogP contribution in [0, 0.1) is 0 Å². The molecule has 0 aliphatic heterocycles. The molecule has 122 valence electrons. The van der Waals surface area contributed by atoms with Crippen molar-refractivity contribution >= 4 is 5.91 Å². The molecule has 2 rings (SSSR count). The Morgan fingerprint density at radius 2 is 1.61 bits per heavy atom. The van der Waals surface area contributed by atoms with E-state index in [-0.39, 0.29) is 18.1 Å². The van der Waals surface area contributed by atoms with Gasteiger partial charge in [0.1, 0.15) is 11.5 Å². The number of nitrogens with one attached hydrogen (secondary N) is 1. The lowest BCUT2D eigenvalue weighted by Crippen LogP contribution is -2.47. The summed E-state index contributed by atoms with van der Waals surface area (Å²) in [6, 6.07) is 17.3. The second kappa shape index (κ2) is 7.68. The summed E-state index contributed by atoms with van der Waals surface area (Å²) in [5.74, 6) is 1.26. The molecule has 0 aliphatic carbocycles. The lowest BCUT2D eigenvalue weighted by Gasteiger charge is -2.26. The molecule has 0 spiro atoms. The predicted octanol–water partition coefficient (Wildman–Crippen LogP) is 3.21. The third-order valence-corrected chi connectivity index (χ3v) is 3.40. The van der Waals surface area contributed by atoms with Crippen molar-refractivity contribution in [1.82, 2.24) is 5.32 Å². The highest BCUT2D eigenvalue weighted by Gasteiger charge is 2.21. The molecule has 0 unspecified atom stereocenters. The molecule has 4 heteroatoms. The molecule has 0 saturated carbocycles. The Morgan fingerprint density at radius 3 is 2.22 bits per heavy atom. The molecule has 2 aromatic carbocycles. The maximum absolute atomic E-state index is 12.1. The summed E-state index contributed by atoms with van der Waals surface area (Å²) in [4.78, 5) is 12.1. The number of ether oxygens (including phenoxy) is 2. The van der Waals surface area contributed by atoms with E-state index >= 15 is 0 Å². The molecule has 1 N–H and O–H groups in total. The maximum atomic E-state index is 12.1. The Morgan fingerprint density at radius 1 is 1.00 bits per heavy atom. The summed E-state index contributed by atoms with van der Waals surface area (Å²) in [7, 11) is 1.61. The van der Waals surface area contributed by atoms with Gasteiger partial charge in [0.15, 0.2) is 6.61 Å². The molecule has 0 saturated heterocycles. The van der Waals surface area contributed by atoms with Gasteiger partial charge in [-0.1, -0.05) is 30.3 Å². The second-order valence-corrected chi connectivity index (χ2v) is 6.06. The molecule has 4 nitrogen and oxygen atoms in total. The largest absolute Gasteiger partial charge is 0.497 e. The fourth-order valence-electron chi connectivity index (χ4n) is 2.38. The molecule has 0 heterocycles. The van der Waals surface area contributed by atoms with Gasteiger partial charge in [-0.15, -0.1) is 0 Å². The van der Waals surface area contributed by atoms with Crippen LogP contribution in [-0.2, 0) is 11.2 Å². The van der Waals surface area contributed by atoms with E-state index in [9.17, 15) is 4.79 Å². The van der Waals surface area contributed by atoms with Gasteiger partial charge >= 0.3 is 0 Å². The van der Waals surface area contributed by atoms with Crippen LogP contribution >= 0.6 is 0 Å². The first-order valence-electron chi connectivity index (χ1n) is 7.60. The standard InChI is InChI=1S/C19H23NO3/c1-19(2,13-15-7-5-4-6-8-15)20-18(21)14-23-17-11-9-16(22-3)10-12-17/h4-12H,13-14H2,1-3H3,(H,20,21). The van der Waals surface area contributed by atoms with E-state index in [2.05, 4.69) is 17.4 Å². The van der Waals surface area contributed by atoms with E-state index in [0.29, 0.717) is 5.75 Å². The SMILES string of the molecule is COc1ccc(OCC(=O)NC(C)(C)Cc2ccccc2)cc1. The number of benzene rings is 2. The molecule has 23 heavy (non-hydrogen) atoms. The molecule has 0 aliphatic rings. The van der Waals surface area contributed by atoms with Crippen molar-refractivity contribution in [3.63, 3.8) is 0 Å². The van der Waals surface area contributed by atoms with Crippen LogP contribution in [0.25, 0.3) is 0 Å². The Balaban J connectivity index is 1.83. The third-order valence-electron chi connectivity index (χ3n) is 3.40. The van der Waals surface area contributed by atoms with Crippen LogP contribution in [0.1, 0.15) is 19.4 Å². The summed E-state index contributed by atoms with van der Waals surface area (Å²) >= 11 is 0. The van der Waals surface area contributed by atoms with Gasteiger partial charge in [-0.05, 0) is 50.1 Å². The zero-order valence-corrected chi connectivity index (χ0v) is 13.8. The van der Waals surface area contributed by atoms with E-state index in [0.717, 1.165) is 12.2 Å². The van der Waals surface area contributed by atoms with E-state index in [4.69, 9.17) is 9.47 Å². The number of rotatable bonds is 7. The van der Waals surface area contributed by atoms with Crippen LogP contribution in [0.2, 0.25) is 0 Å². The smallest absolute Gasteiger partial charge is 0.258 e. The fraction of sp³-hybridized carbons (Fsp3) is 0.316. The summed E-state index contributed by atoms with van der Waals surface area (Å²) in [5, 5.41) is 3.01. The van der Waals surface area contributed by atoms with Crippen molar-refractivity contribution in [1.29, 1.82) is 0 Å². The van der Waals surface area contributed by atoms with E-state index in [1.165, 1.54) is 5.56 Å². The zero-order valence-electron chi connectivity index (χ0n) is 13.8. The maximum Gasteiger partial charge on any atom is 0.258 e. The molecule has 0 aromatic heterocycles. The predicted molar refractivity (Wildman–Crippen MR) is 90.9 cm³/mol. The monoisotopic (exact) mass is 313 g/mol. The normalized spacial score (nSPS) is 10.9. The van der Waals surface area contributed by atoms with Crippen LogP contribution < -0.4 is 14.8 Å². The quantitative estimate of drug-likeness (QED) is 0.854. The molecule has 0 atom stereocenters. The van der Waals surface area contributed by atoms with Gasteiger partial charge in [0.05, 0.1) is 7.11 Å². The van der Waals surface area contributed by atoms with Crippen molar-refractivity contribution < 1.29 is 14.3 Å². The van der Waals surface area contributed by atoms with Gasteiger partial charge < -0.3 is 14.8 Å². The number of amides is 1. The van der Waals surface area contributed by atoms with Gasteiger partial charge in [0.2, 0.25) is 0 Å². The molecule has 1 amide bonds.